The standard InChI is InChI=1S/C15H20N6O3.C6H5F/c1-8-7-21(4-3-11(8)24-2)15(23)14(22)19-10-6-17-13(16)9-5-18-20-12(9)10;7-6-4-2-1-3-5-6/h5-6,8,11H,3-4,7H2,1-2H3,(H2,16,17)(H,18,20)(H,19,22);1-5H. The maximum Gasteiger partial charge on any atom is 0.314 e. The Morgan fingerprint density at radius 2 is 2.03 bits per heavy atom. The molecule has 1 aromatic carbocycles. The van der Waals surface area contributed by atoms with Crippen LogP contribution in [0.2, 0.25) is 0 Å². The highest BCUT2D eigenvalue weighted by molar-refractivity contribution is 6.40. The molecule has 9 nitrogen and oxygen atoms in total. The highest BCUT2D eigenvalue weighted by Gasteiger charge is 2.31. The number of aromatic amines is 1. The highest BCUT2D eigenvalue weighted by Crippen LogP contribution is 2.24. The zero-order chi connectivity index (χ0) is 22.4. The number of pyridine rings is 1. The number of amides is 2. The van der Waals surface area contributed by atoms with E-state index >= 15 is 0 Å². The van der Waals surface area contributed by atoms with Crippen molar-refractivity contribution in [3.8, 4) is 0 Å². The number of H-pyrrole nitrogens is 1. The molecule has 1 saturated heterocycles. The van der Waals surface area contributed by atoms with Crippen LogP contribution in [0.25, 0.3) is 10.9 Å². The monoisotopic (exact) mass is 428 g/mol. The van der Waals surface area contributed by atoms with Gasteiger partial charge in [0.05, 0.1) is 35.1 Å². The minimum Gasteiger partial charge on any atom is -0.383 e. The molecule has 31 heavy (non-hydrogen) atoms. The third-order valence-electron chi connectivity index (χ3n) is 5.11. The van der Waals surface area contributed by atoms with Crippen molar-refractivity contribution in [3.05, 3.63) is 48.5 Å². The van der Waals surface area contributed by atoms with E-state index in [2.05, 4.69) is 20.5 Å². The molecule has 0 saturated carbocycles. The largest absolute Gasteiger partial charge is 0.383 e. The Hall–Kier alpha value is -3.53. The number of rotatable bonds is 2. The number of ether oxygens (including phenoxy) is 1. The summed E-state index contributed by atoms with van der Waals surface area (Å²) in [6.07, 6.45) is 3.75. The second-order valence-electron chi connectivity index (χ2n) is 7.26. The molecule has 1 aliphatic heterocycles. The summed E-state index contributed by atoms with van der Waals surface area (Å²) in [5, 5.41) is 9.81. The SMILES string of the molecule is COC1CCN(C(=O)C(=O)Nc2cnc(N)c3cn[nH]c23)CC1C.Fc1ccccc1. The molecular weight excluding hydrogens is 403 g/mol. The summed E-state index contributed by atoms with van der Waals surface area (Å²) in [5.74, 6) is -0.972. The van der Waals surface area contributed by atoms with E-state index < -0.39 is 11.8 Å². The van der Waals surface area contributed by atoms with Crippen molar-refractivity contribution in [1.29, 1.82) is 0 Å². The van der Waals surface area contributed by atoms with Crippen molar-refractivity contribution in [3.63, 3.8) is 0 Å². The Morgan fingerprint density at radius 1 is 1.29 bits per heavy atom. The zero-order valence-electron chi connectivity index (χ0n) is 17.3. The van der Waals surface area contributed by atoms with Gasteiger partial charge in [0.1, 0.15) is 11.6 Å². The lowest BCUT2D eigenvalue weighted by atomic mass is 9.96. The minimum absolute atomic E-state index is 0.114. The van der Waals surface area contributed by atoms with Crippen LogP contribution < -0.4 is 11.1 Å². The molecule has 1 aliphatic rings. The van der Waals surface area contributed by atoms with Crippen LogP contribution in [-0.4, -0.2) is 58.2 Å². The molecule has 0 spiro atoms. The van der Waals surface area contributed by atoms with Crippen molar-refractivity contribution in [2.24, 2.45) is 5.92 Å². The van der Waals surface area contributed by atoms with Crippen molar-refractivity contribution in [2.45, 2.75) is 19.4 Å². The molecule has 4 N–H and O–H groups in total. The van der Waals surface area contributed by atoms with Gasteiger partial charge in [-0.05, 0) is 24.5 Å². The molecule has 3 heterocycles. The van der Waals surface area contributed by atoms with Crippen LogP contribution in [0, 0.1) is 11.7 Å². The molecule has 0 bridgehead atoms. The number of anilines is 2. The van der Waals surface area contributed by atoms with Crippen molar-refractivity contribution in [1.82, 2.24) is 20.1 Å². The van der Waals surface area contributed by atoms with Crippen LogP contribution in [0.3, 0.4) is 0 Å². The first-order valence-corrected chi connectivity index (χ1v) is 9.81. The number of fused-ring (bicyclic) bond motifs is 1. The molecular formula is C21H25FN6O3. The normalized spacial score (nSPS) is 18.2. The van der Waals surface area contributed by atoms with E-state index in [-0.39, 0.29) is 17.8 Å². The predicted molar refractivity (Wildman–Crippen MR) is 114 cm³/mol. The van der Waals surface area contributed by atoms with Crippen molar-refractivity contribution >= 4 is 34.2 Å². The van der Waals surface area contributed by atoms with Gasteiger partial charge in [0.25, 0.3) is 0 Å². The molecule has 2 unspecified atom stereocenters. The van der Waals surface area contributed by atoms with Crippen LogP contribution >= 0.6 is 0 Å². The highest BCUT2D eigenvalue weighted by atomic mass is 19.1. The summed E-state index contributed by atoms with van der Waals surface area (Å²) in [6.45, 7) is 2.99. The smallest absolute Gasteiger partial charge is 0.314 e. The maximum absolute atomic E-state index is 12.4. The Kier molecular flexibility index (Phi) is 7.14. The quantitative estimate of drug-likeness (QED) is 0.537. The van der Waals surface area contributed by atoms with E-state index in [0.717, 1.165) is 0 Å². The number of hydrogen-bond acceptors (Lipinski definition) is 6. The lowest BCUT2D eigenvalue weighted by molar-refractivity contribution is -0.145. The number of methoxy groups -OCH3 is 1. The number of aromatic nitrogens is 3. The van der Waals surface area contributed by atoms with Gasteiger partial charge in [0.2, 0.25) is 0 Å². The first-order chi connectivity index (χ1) is 14.9. The van der Waals surface area contributed by atoms with Crippen LogP contribution in [0.15, 0.2) is 42.7 Å². The molecule has 4 rings (SSSR count). The number of nitrogens with one attached hydrogen (secondary N) is 2. The van der Waals surface area contributed by atoms with Crippen LogP contribution in [-0.2, 0) is 14.3 Å². The number of nitrogens with zero attached hydrogens (tertiary/aromatic N) is 3. The molecule has 10 heteroatoms. The third-order valence-corrected chi connectivity index (χ3v) is 5.11. The molecule has 3 aromatic rings. The average molecular weight is 428 g/mol. The van der Waals surface area contributed by atoms with Gasteiger partial charge in [-0.25, -0.2) is 9.37 Å². The summed E-state index contributed by atoms with van der Waals surface area (Å²) >= 11 is 0. The number of piperidine rings is 1. The maximum atomic E-state index is 12.4. The number of nitrogen functional groups attached to an aromatic ring is 1. The Balaban J connectivity index is 0.000000330. The van der Waals surface area contributed by atoms with Crippen LogP contribution in [0.1, 0.15) is 13.3 Å². The first-order valence-electron chi connectivity index (χ1n) is 9.81. The Morgan fingerprint density at radius 3 is 2.65 bits per heavy atom. The lowest BCUT2D eigenvalue weighted by Gasteiger charge is -2.35. The summed E-state index contributed by atoms with van der Waals surface area (Å²) in [4.78, 5) is 30.2. The lowest BCUT2D eigenvalue weighted by Crippen LogP contribution is -2.49. The van der Waals surface area contributed by atoms with Crippen LogP contribution in [0.4, 0.5) is 15.9 Å². The van der Waals surface area contributed by atoms with Gasteiger partial charge in [-0.15, -0.1) is 0 Å². The minimum atomic E-state index is -0.708. The molecule has 2 aromatic heterocycles. The fraction of sp³-hybridized carbons (Fsp3) is 0.333. The predicted octanol–water partition coefficient (Wildman–Crippen LogP) is 2.19. The number of carbonyl (C=O) groups is 2. The summed E-state index contributed by atoms with van der Waals surface area (Å²) in [7, 11) is 1.66. The van der Waals surface area contributed by atoms with Crippen LogP contribution in [0.5, 0.6) is 0 Å². The summed E-state index contributed by atoms with van der Waals surface area (Å²) < 4.78 is 17.3. The fourth-order valence-electron chi connectivity index (χ4n) is 3.44. The number of hydrogen-bond donors (Lipinski definition) is 3. The Labute approximate surface area is 178 Å². The second kappa shape index (κ2) is 9.98. The second-order valence-corrected chi connectivity index (χ2v) is 7.26. The number of carbonyl (C=O) groups excluding carboxylic acids is 2. The fourth-order valence-corrected chi connectivity index (χ4v) is 3.44. The van der Waals surface area contributed by atoms with E-state index in [9.17, 15) is 14.0 Å². The van der Waals surface area contributed by atoms with E-state index in [1.165, 1.54) is 24.5 Å². The van der Waals surface area contributed by atoms with Crippen molar-refractivity contribution < 1.29 is 18.7 Å². The molecule has 1 fully saturated rings. The first kappa shape index (κ1) is 22.2. The molecule has 2 atom stereocenters. The van der Waals surface area contributed by atoms with Crippen molar-refractivity contribution in [2.75, 3.05) is 31.2 Å². The molecule has 0 radical (unpaired) electrons. The van der Waals surface area contributed by atoms with E-state index in [4.69, 9.17) is 10.5 Å². The van der Waals surface area contributed by atoms with Gasteiger partial charge in [-0.2, -0.15) is 5.10 Å². The van der Waals surface area contributed by atoms with E-state index in [1.807, 2.05) is 6.92 Å². The average Bonchev–Trinajstić information content (AvgIpc) is 3.27. The van der Waals surface area contributed by atoms with E-state index in [1.54, 1.807) is 30.2 Å². The zero-order valence-corrected chi connectivity index (χ0v) is 17.3. The van der Waals surface area contributed by atoms with E-state index in [0.29, 0.717) is 41.9 Å². The third kappa shape index (κ3) is 5.34. The number of halogens is 1. The Bertz CT molecular complexity index is 1040. The van der Waals surface area contributed by atoms with Gasteiger partial charge in [0.15, 0.2) is 0 Å². The van der Waals surface area contributed by atoms with Gasteiger partial charge < -0.3 is 20.7 Å². The number of likely N-dealkylation sites (tertiary alicyclic amines) is 1. The van der Waals surface area contributed by atoms with Gasteiger partial charge >= 0.3 is 11.8 Å². The molecule has 164 valence electrons. The molecule has 0 aliphatic carbocycles. The topological polar surface area (TPSA) is 126 Å². The van der Waals surface area contributed by atoms with Gasteiger partial charge in [0, 0.05) is 20.2 Å². The molecule has 2 amide bonds. The summed E-state index contributed by atoms with van der Waals surface area (Å²) in [5.41, 5.74) is 6.66. The van der Waals surface area contributed by atoms with Gasteiger partial charge in [-0.3, -0.25) is 14.7 Å². The van der Waals surface area contributed by atoms with Gasteiger partial charge in [-0.1, -0.05) is 25.1 Å². The number of nitrogens with two attached hydrogens (primary N) is 1. The number of benzene rings is 1. The summed E-state index contributed by atoms with van der Waals surface area (Å²) in [6, 6.07) is 7.94.